The summed E-state index contributed by atoms with van der Waals surface area (Å²) in [7, 11) is 17.1. The molecule has 6 aliphatic rings. The minimum absolute atomic E-state index is 0.953. The van der Waals surface area contributed by atoms with Gasteiger partial charge in [-0.05, 0) is 60.7 Å². The molecule has 5 heteroatoms. The Balaban J connectivity index is 0.000000166. The SMILES string of the molecule is C1CCC(C2CCCCC2)CC1.C1CCC(C2CCCCC2)CC1.PC1CCCCC1.PC1CCCCC1.[Cl][Ru]([Cl])=[CH]c1ccccc1. The Labute approximate surface area is 317 Å². The van der Waals surface area contributed by atoms with Crippen LogP contribution in [-0.4, -0.2) is 15.9 Å². The molecule has 0 spiro atoms. The second-order valence-electron chi connectivity index (χ2n) is 16.1. The Morgan fingerprint density at radius 2 is 0.646 bits per heavy atom. The van der Waals surface area contributed by atoms with Crippen LogP contribution >= 0.6 is 37.9 Å². The molecule has 7 rings (SSSR count). The first-order valence-corrected chi connectivity index (χ1v) is 27.7. The Bertz CT molecular complexity index is 807. The van der Waals surface area contributed by atoms with Crippen LogP contribution in [0.2, 0.25) is 0 Å². The number of rotatable bonds is 3. The predicted octanol–water partition coefficient (Wildman–Crippen LogP) is 15.4. The topological polar surface area (TPSA) is 0 Å². The van der Waals surface area contributed by atoms with Crippen molar-refractivity contribution in [2.45, 2.75) is 204 Å². The van der Waals surface area contributed by atoms with E-state index in [0.29, 0.717) is 0 Å². The van der Waals surface area contributed by atoms with Gasteiger partial charge in [-0.25, -0.2) is 0 Å². The molecule has 6 saturated carbocycles. The normalized spacial score (nSPS) is 24.1. The summed E-state index contributed by atoms with van der Waals surface area (Å²) >= 11 is -1.61. The Morgan fingerprint density at radius 3 is 0.854 bits per heavy atom. The van der Waals surface area contributed by atoms with Gasteiger partial charge >= 0.3 is 73.4 Å². The summed E-state index contributed by atoms with van der Waals surface area (Å²) in [4.78, 5) is 0. The molecule has 1 aromatic carbocycles. The van der Waals surface area contributed by atoms with Crippen LogP contribution in [-0.2, 0) is 13.5 Å². The van der Waals surface area contributed by atoms with E-state index in [9.17, 15) is 0 Å². The molecule has 0 bridgehead atoms. The van der Waals surface area contributed by atoms with Crippen LogP contribution in [0.4, 0.5) is 0 Å². The average molecular weight is 827 g/mol. The number of hydrogen-bond donors (Lipinski definition) is 0. The van der Waals surface area contributed by atoms with E-state index in [0.717, 1.165) is 40.6 Å². The molecular formula is C43H76Cl2P2Ru. The van der Waals surface area contributed by atoms with E-state index in [4.69, 9.17) is 19.4 Å². The number of halogens is 2. The van der Waals surface area contributed by atoms with E-state index < -0.39 is 13.5 Å². The first kappa shape index (κ1) is 43.6. The van der Waals surface area contributed by atoms with Crippen LogP contribution in [0.25, 0.3) is 0 Å². The monoisotopic (exact) mass is 826 g/mol. The van der Waals surface area contributed by atoms with Crippen LogP contribution in [0, 0.1) is 23.7 Å². The van der Waals surface area contributed by atoms with Gasteiger partial charge in [0.2, 0.25) is 0 Å². The molecule has 0 radical (unpaired) electrons. The van der Waals surface area contributed by atoms with Crippen molar-refractivity contribution >= 4 is 42.5 Å². The summed E-state index contributed by atoms with van der Waals surface area (Å²) in [5, 5.41) is 0. The zero-order chi connectivity index (χ0) is 34.1. The molecule has 0 aliphatic heterocycles. The second kappa shape index (κ2) is 28.6. The van der Waals surface area contributed by atoms with Gasteiger partial charge in [0, 0.05) is 0 Å². The molecular weight excluding hydrogens is 750 g/mol. The fourth-order valence-corrected chi connectivity index (χ4v) is 12.1. The fourth-order valence-electron chi connectivity index (χ4n) is 9.30. The zero-order valence-electron chi connectivity index (χ0n) is 30.9. The number of hydrogen-bond acceptors (Lipinski definition) is 0. The van der Waals surface area contributed by atoms with Crippen LogP contribution in [0.15, 0.2) is 30.3 Å². The summed E-state index contributed by atoms with van der Waals surface area (Å²) in [6, 6.07) is 9.89. The zero-order valence-corrected chi connectivity index (χ0v) is 36.5. The van der Waals surface area contributed by atoms with Gasteiger partial charge in [0.25, 0.3) is 0 Å². The molecule has 0 heterocycles. The van der Waals surface area contributed by atoms with Crippen molar-refractivity contribution < 1.29 is 13.5 Å². The van der Waals surface area contributed by atoms with Gasteiger partial charge in [-0.2, -0.15) is 0 Å². The average Bonchev–Trinajstić information content (AvgIpc) is 3.15. The molecule has 0 nitrogen and oxygen atoms in total. The van der Waals surface area contributed by atoms with Crippen molar-refractivity contribution in [3.05, 3.63) is 35.9 Å². The first-order chi connectivity index (χ1) is 23.5. The van der Waals surface area contributed by atoms with Crippen LogP contribution in [0.5, 0.6) is 0 Å². The Kier molecular flexibility index (Phi) is 26.0. The van der Waals surface area contributed by atoms with E-state index in [1.807, 2.05) is 34.9 Å². The van der Waals surface area contributed by atoms with Gasteiger partial charge in [-0.1, -0.05) is 167 Å². The minimum atomic E-state index is -1.61. The standard InChI is InChI=1S/2C12H22.C7H6.2C6H13P.2ClH.Ru/c2*1-3-7-11(8-4-1)12-9-5-2-6-10-12;1-7-5-3-2-4-6-7;2*7-6-4-2-1-3-5-6;;;/h2*11-12H,1-10H2;1-6H;2*6H,1-5,7H2;2*1H;/q;;;;;;;+2/p-2. The predicted molar refractivity (Wildman–Crippen MR) is 223 cm³/mol. The van der Waals surface area contributed by atoms with E-state index in [-0.39, 0.29) is 0 Å². The molecule has 0 saturated heterocycles. The van der Waals surface area contributed by atoms with Crippen molar-refractivity contribution in [2.75, 3.05) is 0 Å². The summed E-state index contributed by atoms with van der Waals surface area (Å²) in [5.41, 5.74) is 3.02. The summed E-state index contributed by atoms with van der Waals surface area (Å²) in [6.07, 6.45) is 45.4. The maximum atomic E-state index is 5.67. The van der Waals surface area contributed by atoms with Gasteiger partial charge in [-0.3, -0.25) is 0 Å². The molecule has 2 atom stereocenters. The van der Waals surface area contributed by atoms with Gasteiger partial charge < -0.3 is 0 Å². The quantitative estimate of drug-likeness (QED) is 0.210. The van der Waals surface area contributed by atoms with Crippen molar-refractivity contribution in [3.8, 4) is 0 Å². The molecule has 6 aliphatic carbocycles. The number of benzene rings is 1. The van der Waals surface area contributed by atoms with Crippen molar-refractivity contribution in [1.82, 2.24) is 0 Å². The van der Waals surface area contributed by atoms with Gasteiger partial charge in [0.05, 0.1) is 0 Å². The Morgan fingerprint density at radius 1 is 0.396 bits per heavy atom. The van der Waals surface area contributed by atoms with Crippen molar-refractivity contribution in [3.63, 3.8) is 0 Å². The molecule has 0 aromatic heterocycles. The van der Waals surface area contributed by atoms with Crippen LogP contribution < -0.4 is 0 Å². The summed E-state index contributed by atoms with van der Waals surface area (Å²) in [5.74, 6) is 4.55. The van der Waals surface area contributed by atoms with E-state index in [1.54, 1.807) is 51.4 Å². The van der Waals surface area contributed by atoms with Gasteiger partial charge in [0.1, 0.15) is 0 Å². The molecule has 0 amide bonds. The van der Waals surface area contributed by atoms with E-state index in [2.05, 4.69) is 18.5 Å². The summed E-state index contributed by atoms with van der Waals surface area (Å²) < 4.78 is 1.92. The van der Waals surface area contributed by atoms with Crippen molar-refractivity contribution in [2.24, 2.45) is 23.7 Å². The van der Waals surface area contributed by atoms with Gasteiger partial charge in [0.15, 0.2) is 0 Å². The Hall–Kier alpha value is 1.15. The third kappa shape index (κ3) is 21.0. The van der Waals surface area contributed by atoms with E-state index >= 15 is 0 Å². The fraction of sp³-hybridized carbons (Fsp3) is 0.837. The molecule has 48 heavy (non-hydrogen) atoms. The van der Waals surface area contributed by atoms with Crippen LogP contribution in [0.3, 0.4) is 0 Å². The van der Waals surface area contributed by atoms with Crippen molar-refractivity contribution in [1.29, 1.82) is 0 Å². The third-order valence-corrected chi connectivity index (χ3v) is 15.4. The van der Waals surface area contributed by atoms with Crippen LogP contribution in [0.1, 0.15) is 198 Å². The molecule has 1 aromatic rings. The third-order valence-electron chi connectivity index (χ3n) is 12.2. The maximum absolute atomic E-state index is 5.67. The molecule has 0 N–H and O–H groups in total. The molecule has 6 fully saturated rings. The van der Waals surface area contributed by atoms with E-state index in [1.165, 1.54) is 141 Å². The molecule has 280 valence electrons. The summed E-state index contributed by atoms with van der Waals surface area (Å²) in [6.45, 7) is 0. The first-order valence-electron chi connectivity index (χ1n) is 20.9. The van der Waals surface area contributed by atoms with Gasteiger partial charge in [-0.15, -0.1) is 18.5 Å². The second-order valence-corrected chi connectivity index (χ2v) is 23.7. The molecule has 2 unspecified atom stereocenters.